The molecule has 2 rings (SSSR count). The van der Waals surface area contributed by atoms with Crippen molar-refractivity contribution in [1.29, 1.82) is 0 Å². The number of carboxylic acids is 1. The van der Waals surface area contributed by atoms with Crippen LogP contribution in [0.4, 0.5) is 5.00 Å². The lowest BCUT2D eigenvalue weighted by Crippen LogP contribution is -2.27. The molecule has 0 aliphatic carbocycles. The minimum Gasteiger partial charge on any atom is -0.478 e. The largest absolute Gasteiger partial charge is 0.478 e. The molecule has 1 heterocycles. The monoisotopic (exact) mass is 331 g/mol. The highest BCUT2D eigenvalue weighted by Crippen LogP contribution is 2.40. The van der Waals surface area contributed by atoms with Gasteiger partial charge in [0.2, 0.25) is 5.91 Å². The molecule has 0 spiro atoms. The van der Waals surface area contributed by atoms with Gasteiger partial charge in [0.15, 0.2) is 0 Å². The summed E-state index contributed by atoms with van der Waals surface area (Å²) in [6.07, 6.45) is 0. The first kappa shape index (κ1) is 17.2. The van der Waals surface area contributed by atoms with Crippen LogP contribution in [0, 0.1) is 19.3 Å². The Hall–Kier alpha value is -2.14. The zero-order valence-corrected chi connectivity index (χ0v) is 14.8. The third-order valence-corrected chi connectivity index (χ3v) is 4.57. The van der Waals surface area contributed by atoms with Crippen LogP contribution in [0.2, 0.25) is 0 Å². The average Bonchev–Trinajstić information content (AvgIpc) is 2.75. The van der Waals surface area contributed by atoms with E-state index in [1.54, 1.807) is 20.8 Å². The molecule has 0 radical (unpaired) electrons. The molecule has 0 fully saturated rings. The number of hydrogen-bond donors (Lipinski definition) is 2. The Kier molecular flexibility index (Phi) is 4.61. The number of carbonyl (C=O) groups is 2. The maximum absolute atomic E-state index is 12.2. The summed E-state index contributed by atoms with van der Waals surface area (Å²) in [4.78, 5) is 24.9. The second kappa shape index (κ2) is 6.16. The number of thiophene rings is 1. The zero-order chi connectivity index (χ0) is 17.4. The van der Waals surface area contributed by atoms with Gasteiger partial charge in [-0.15, -0.1) is 11.3 Å². The molecule has 1 aromatic heterocycles. The van der Waals surface area contributed by atoms with Crippen molar-refractivity contribution in [3.8, 4) is 11.1 Å². The molecule has 23 heavy (non-hydrogen) atoms. The number of benzene rings is 1. The van der Waals surface area contributed by atoms with E-state index in [1.807, 2.05) is 38.1 Å². The van der Waals surface area contributed by atoms with Crippen LogP contribution in [0.3, 0.4) is 0 Å². The van der Waals surface area contributed by atoms with Gasteiger partial charge in [0, 0.05) is 15.9 Å². The summed E-state index contributed by atoms with van der Waals surface area (Å²) in [5.41, 5.74) is 2.20. The van der Waals surface area contributed by atoms with Crippen molar-refractivity contribution in [2.24, 2.45) is 5.41 Å². The van der Waals surface area contributed by atoms with Gasteiger partial charge in [-0.1, -0.05) is 50.6 Å². The fourth-order valence-corrected chi connectivity index (χ4v) is 3.26. The Morgan fingerprint density at radius 2 is 1.65 bits per heavy atom. The molecule has 122 valence electrons. The predicted octanol–water partition coefficient (Wildman–Crippen LogP) is 4.71. The molecule has 0 bridgehead atoms. The molecule has 5 heteroatoms. The molecule has 1 aromatic carbocycles. The Bertz CT molecular complexity index is 752. The van der Waals surface area contributed by atoms with Gasteiger partial charge < -0.3 is 10.4 Å². The molecule has 4 nitrogen and oxygen atoms in total. The van der Waals surface area contributed by atoms with Crippen LogP contribution in [-0.2, 0) is 4.79 Å². The normalized spacial score (nSPS) is 11.3. The van der Waals surface area contributed by atoms with Crippen molar-refractivity contribution in [3.63, 3.8) is 0 Å². The van der Waals surface area contributed by atoms with Crippen molar-refractivity contribution in [2.45, 2.75) is 34.6 Å². The van der Waals surface area contributed by atoms with Crippen LogP contribution in [0.5, 0.6) is 0 Å². The van der Waals surface area contributed by atoms with E-state index in [-0.39, 0.29) is 11.5 Å². The first-order valence-electron chi connectivity index (χ1n) is 7.36. The third kappa shape index (κ3) is 3.62. The molecular formula is C18H21NO3S. The van der Waals surface area contributed by atoms with Gasteiger partial charge in [0.1, 0.15) is 10.6 Å². The summed E-state index contributed by atoms with van der Waals surface area (Å²) in [7, 11) is 0. The summed E-state index contributed by atoms with van der Waals surface area (Å²) >= 11 is 1.30. The summed E-state index contributed by atoms with van der Waals surface area (Å²) in [6.45, 7) is 9.24. The second-order valence-corrected chi connectivity index (χ2v) is 7.84. The molecule has 2 N–H and O–H groups in total. The minimum absolute atomic E-state index is 0.161. The standard InChI is InChI=1S/C18H21NO3S/c1-10-6-8-12(9-7-10)13-11(2)23-15(14(13)16(20)21)19-17(22)18(3,4)5/h6-9H,1-5H3,(H,19,22)(H,20,21). The number of nitrogens with one attached hydrogen (secondary N) is 1. The highest BCUT2D eigenvalue weighted by molar-refractivity contribution is 7.17. The minimum atomic E-state index is -1.03. The van der Waals surface area contributed by atoms with Crippen molar-refractivity contribution < 1.29 is 14.7 Å². The van der Waals surface area contributed by atoms with E-state index in [4.69, 9.17) is 0 Å². The van der Waals surface area contributed by atoms with Gasteiger partial charge in [-0.2, -0.15) is 0 Å². The van der Waals surface area contributed by atoms with Crippen LogP contribution in [-0.4, -0.2) is 17.0 Å². The quantitative estimate of drug-likeness (QED) is 0.855. The highest BCUT2D eigenvalue weighted by Gasteiger charge is 2.27. The maximum Gasteiger partial charge on any atom is 0.339 e. The highest BCUT2D eigenvalue weighted by atomic mass is 32.1. The molecule has 0 aliphatic heterocycles. The van der Waals surface area contributed by atoms with E-state index < -0.39 is 11.4 Å². The Labute approximate surface area is 140 Å². The van der Waals surface area contributed by atoms with E-state index >= 15 is 0 Å². The molecule has 0 saturated carbocycles. The van der Waals surface area contributed by atoms with E-state index in [1.165, 1.54) is 11.3 Å². The molecule has 2 aromatic rings. The van der Waals surface area contributed by atoms with Crippen LogP contribution in [0.15, 0.2) is 24.3 Å². The first-order valence-corrected chi connectivity index (χ1v) is 8.18. The molecule has 0 aliphatic rings. The number of aryl methyl sites for hydroxylation is 2. The molecule has 1 amide bonds. The van der Waals surface area contributed by atoms with E-state index in [9.17, 15) is 14.7 Å². The van der Waals surface area contributed by atoms with Crippen molar-refractivity contribution >= 4 is 28.2 Å². The van der Waals surface area contributed by atoms with Gasteiger partial charge in [0.25, 0.3) is 0 Å². The van der Waals surface area contributed by atoms with Gasteiger partial charge in [-0.25, -0.2) is 4.79 Å². The second-order valence-electron chi connectivity index (χ2n) is 6.61. The predicted molar refractivity (Wildman–Crippen MR) is 94.3 cm³/mol. The van der Waals surface area contributed by atoms with E-state index in [2.05, 4.69) is 5.32 Å². The van der Waals surface area contributed by atoms with Gasteiger partial charge >= 0.3 is 5.97 Å². The Morgan fingerprint density at radius 1 is 1.09 bits per heavy atom. The molecule has 0 saturated heterocycles. The van der Waals surface area contributed by atoms with Crippen LogP contribution in [0.25, 0.3) is 11.1 Å². The van der Waals surface area contributed by atoms with Crippen molar-refractivity contribution in [1.82, 2.24) is 0 Å². The number of rotatable bonds is 3. The van der Waals surface area contributed by atoms with Gasteiger partial charge in [-0.3, -0.25) is 4.79 Å². The molecule has 0 atom stereocenters. The third-order valence-electron chi connectivity index (χ3n) is 3.55. The van der Waals surface area contributed by atoms with Gasteiger partial charge in [0.05, 0.1) is 0 Å². The average molecular weight is 331 g/mol. The zero-order valence-electron chi connectivity index (χ0n) is 14.0. The van der Waals surface area contributed by atoms with Crippen molar-refractivity contribution in [2.75, 3.05) is 5.32 Å². The number of carboxylic acid groups (broad SMARTS) is 1. The lowest BCUT2D eigenvalue weighted by Gasteiger charge is -2.17. The van der Waals surface area contributed by atoms with Crippen LogP contribution < -0.4 is 5.32 Å². The number of carbonyl (C=O) groups excluding carboxylic acids is 1. The summed E-state index contributed by atoms with van der Waals surface area (Å²) in [5, 5.41) is 12.8. The smallest absolute Gasteiger partial charge is 0.339 e. The summed E-state index contributed by atoms with van der Waals surface area (Å²) in [5.74, 6) is -1.23. The Balaban J connectivity index is 2.55. The summed E-state index contributed by atoms with van der Waals surface area (Å²) < 4.78 is 0. The number of aromatic carboxylic acids is 1. The van der Waals surface area contributed by atoms with E-state index in [0.29, 0.717) is 10.6 Å². The lowest BCUT2D eigenvalue weighted by atomic mass is 9.95. The fraction of sp³-hybridized carbons (Fsp3) is 0.333. The molecular weight excluding hydrogens is 310 g/mol. The first-order chi connectivity index (χ1) is 10.6. The van der Waals surface area contributed by atoms with Gasteiger partial charge in [-0.05, 0) is 19.4 Å². The lowest BCUT2D eigenvalue weighted by molar-refractivity contribution is -0.123. The van der Waals surface area contributed by atoms with Crippen molar-refractivity contribution in [3.05, 3.63) is 40.3 Å². The topological polar surface area (TPSA) is 66.4 Å². The molecule has 0 unspecified atom stereocenters. The number of anilines is 1. The Morgan fingerprint density at radius 3 is 2.13 bits per heavy atom. The SMILES string of the molecule is Cc1ccc(-c2c(C)sc(NC(=O)C(C)(C)C)c2C(=O)O)cc1. The fourth-order valence-electron chi connectivity index (χ4n) is 2.20. The van der Waals surface area contributed by atoms with Crippen LogP contribution in [0.1, 0.15) is 41.6 Å². The number of hydrogen-bond acceptors (Lipinski definition) is 3. The number of amides is 1. The van der Waals surface area contributed by atoms with E-state index in [0.717, 1.165) is 16.0 Å². The summed E-state index contributed by atoms with van der Waals surface area (Å²) in [6, 6.07) is 7.72. The maximum atomic E-state index is 12.2. The van der Waals surface area contributed by atoms with Crippen LogP contribution >= 0.6 is 11.3 Å².